The molecule has 0 spiro atoms. The van der Waals surface area contributed by atoms with Gasteiger partial charge in [0.2, 0.25) is 0 Å². The zero-order chi connectivity index (χ0) is 22.0. The Morgan fingerprint density at radius 2 is 1.45 bits per heavy atom. The molecular formula is C23H20N4O3S. The van der Waals surface area contributed by atoms with Gasteiger partial charge in [-0.25, -0.2) is 15.0 Å². The van der Waals surface area contributed by atoms with Gasteiger partial charge in [-0.2, -0.15) is 8.42 Å². The van der Waals surface area contributed by atoms with Gasteiger partial charge in [-0.05, 0) is 50.2 Å². The van der Waals surface area contributed by atoms with E-state index >= 15 is 0 Å². The lowest BCUT2D eigenvalue weighted by Gasteiger charge is -2.06. The van der Waals surface area contributed by atoms with Gasteiger partial charge in [-0.15, -0.1) is 0 Å². The lowest BCUT2D eigenvalue weighted by molar-refractivity contribution is 0.483. The van der Waals surface area contributed by atoms with Gasteiger partial charge in [0.25, 0.3) is 10.1 Å². The average molecular weight is 433 g/mol. The van der Waals surface area contributed by atoms with Gasteiger partial charge in [0.15, 0.2) is 17.5 Å². The number of anilines is 1. The summed E-state index contributed by atoms with van der Waals surface area (Å²) in [5.74, 6) is 0.836. The summed E-state index contributed by atoms with van der Waals surface area (Å²) in [5, 5.41) is 3.20. The van der Waals surface area contributed by atoms with Crippen molar-refractivity contribution >= 4 is 39.0 Å². The second-order valence-corrected chi connectivity index (χ2v) is 8.52. The Morgan fingerprint density at radius 3 is 2.10 bits per heavy atom. The third-order valence-electron chi connectivity index (χ3n) is 4.63. The summed E-state index contributed by atoms with van der Waals surface area (Å²) < 4.78 is 33.3. The molecule has 1 heterocycles. The van der Waals surface area contributed by atoms with Crippen LogP contribution >= 0.6 is 0 Å². The standard InChI is InChI=1S/C23H20N4O3S/c1-15-7-11-17(12-8-15)24-22-23(25-18-13-9-16(2)10-14-18)27-21(26-22)19-5-3-4-6-20(19)31(28,29)30/h3-14H,1-2H3,(H,28,29,30)(H,24,25,26,27). The molecule has 31 heavy (non-hydrogen) atoms. The van der Waals surface area contributed by atoms with Crippen LogP contribution in [-0.4, -0.2) is 30.5 Å². The van der Waals surface area contributed by atoms with E-state index < -0.39 is 10.1 Å². The predicted molar refractivity (Wildman–Crippen MR) is 123 cm³/mol. The summed E-state index contributed by atoms with van der Waals surface area (Å²) in [5.41, 5.74) is 3.90. The van der Waals surface area contributed by atoms with Crippen LogP contribution in [0.1, 0.15) is 16.7 Å². The van der Waals surface area contributed by atoms with Crippen molar-refractivity contribution in [1.29, 1.82) is 0 Å². The lowest BCUT2D eigenvalue weighted by Crippen LogP contribution is -2.18. The van der Waals surface area contributed by atoms with Crippen LogP contribution < -0.4 is 5.32 Å². The maximum Gasteiger partial charge on any atom is 0.295 e. The molecule has 8 heteroatoms. The number of nitrogens with zero attached hydrogens (tertiary/aromatic N) is 3. The first kappa shape index (κ1) is 20.6. The van der Waals surface area contributed by atoms with E-state index in [0.717, 1.165) is 16.8 Å². The summed E-state index contributed by atoms with van der Waals surface area (Å²) in [6.07, 6.45) is 0. The van der Waals surface area contributed by atoms with Crippen LogP contribution in [0.4, 0.5) is 11.4 Å². The first-order valence-electron chi connectivity index (χ1n) is 9.53. The fourth-order valence-electron chi connectivity index (χ4n) is 3.01. The molecule has 1 aliphatic rings. The molecule has 0 saturated carbocycles. The lowest BCUT2D eigenvalue weighted by atomic mass is 10.2. The van der Waals surface area contributed by atoms with Crippen LogP contribution in [0.2, 0.25) is 0 Å². The number of hydrogen-bond donors (Lipinski definition) is 2. The van der Waals surface area contributed by atoms with Crippen molar-refractivity contribution in [2.24, 2.45) is 15.0 Å². The van der Waals surface area contributed by atoms with Gasteiger partial charge in [-0.1, -0.05) is 47.5 Å². The molecule has 3 aromatic rings. The van der Waals surface area contributed by atoms with Crippen molar-refractivity contribution in [2.75, 3.05) is 5.32 Å². The highest BCUT2D eigenvalue weighted by atomic mass is 32.2. The van der Waals surface area contributed by atoms with E-state index in [-0.39, 0.29) is 16.3 Å². The Balaban J connectivity index is 1.80. The van der Waals surface area contributed by atoms with Gasteiger partial charge >= 0.3 is 0 Å². The van der Waals surface area contributed by atoms with Gasteiger partial charge < -0.3 is 5.32 Å². The maximum atomic E-state index is 11.8. The second-order valence-electron chi connectivity index (χ2n) is 7.13. The molecule has 0 amide bonds. The Hall–Kier alpha value is -3.62. The summed E-state index contributed by atoms with van der Waals surface area (Å²) in [4.78, 5) is 13.3. The predicted octanol–water partition coefficient (Wildman–Crippen LogP) is 4.55. The van der Waals surface area contributed by atoms with E-state index in [1.807, 2.05) is 62.4 Å². The van der Waals surface area contributed by atoms with Gasteiger partial charge in [0.05, 0.1) is 5.69 Å². The van der Waals surface area contributed by atoms with Crippen molar-refractivity contribution < 1.29 is 13.0 Å². The van der Waals surface area contributed by atoms with Crippen LogP contribution in [0.5, 0.6) is 0 Å². The average Bonchev–Trinajstić information content (AvgIpc) is 3.13. The minimum absolute atomic E-state index is 0.147. The van der Waals surface area contributed by atoms with Gasteiger partial charge in [0, 0.05) is 11.3 Å². The molecule has 0 atom stereocenters. The summed E-state index contributed by atoms with van der Waals surface area (Å²) in [6.45, 7) is 3.98. The monoisotopic (exact) mass is 432 g/mol. The molecule has 156 valence electrons. The van der Waals surface area contributed by atoms with Crippen LogP contribution in [0.25, 0.3) is 0 Å². The molecule has 1 aliphatic heterocycles. The number of benzene rings is 3. The largest absolute Gasteiger partial charge is 0.337 e. The molecule has 0 radical (unpaired) electrons. The van der Waals surface area contributed by atoms with E-state index in [2.05, 4.69) is 20.3 Å². The highest BCUT2D eigenvalue weighted by Gasteiger charge is 2.25. The van der Waals surface area contributed by atoms with E-state index in [4.69, 9.17) is 0 Å². The second kappa shape index (κ2) is 8.25. The van der Waals surface area contributed by atoms with Crippen molar-refractivity contribution in [2.45, 2.75) is 18.7 Å². The number of amidine groups is 3. The molecule has 0 aliphatic carbocycles. The van der Waals surface area contributed by atoms with Crippen molar-refractivity contribution in [3.05, 3.63) is 89.5 Å². The highest BCUT2D eigenvalue weighted by molar-refractivity contribution is 7.86. The number of nitrogens with one attached hydrogen (secondary N) is 1. The van der Waals surface area contributed by atoms with Crippen LogP contribution in [0.3, 0.4) is 0 Å². The minimum atomic E-state index is -4.44. The SMILES string of the molecule is Cc1ccc(N=C2N=C(c3ccccc3S(=O)(=O)O)N=C2Nc2ccc(C)cc2)cc1. The number of aliphatic imine (C=N–C) groups is 3. The highest BCUT2D eigenvalue weighted by Crippen LogP contribution is 2.22. The molecular weight excluding hydrogens is 412 g/mol. The van der Waals surface area contributed by atoms with Crippen molar-refractivity contribution in [3.8, 4) is 0 Å². The van der Waals surface area contributed by atoms with E-state index in [9.17, 15) is 13.0 Å². The van der Waals surface area contributed by atoms with E-state index in [1.54, 1.807) is 12.1 Å². The fourth-order valence-corrected chi connectivity index (χ4v) is 3.70. The van der Waals surface area contributed by atoms with Gasteiger partial charge in [0.1, 0.15) is 4.90 Å². The first-order valence-corrected chi connectivity index (χ1v) is 11.0. The molecule has 0 unspecified atom stereocenters. The van der Waals surface area contributed by atoms with Crippen molar-refractivity contribution in [1.82, 2.24) is 0 Å². The molecule has 0 saturated heterocycles. The number of rotatable bonds is 4. The summed E-state index contributed by atoms with van der Waals surface area (Å²) in [6, 6.07) is 21.4. The Bertz CT molecular complexity index is 1320. The Morgan fingerprint density at radius 1 is 0.839 bits per heavy atom. The first-order chi connectivity index (χ1) is 14.8. The van der Waals surface area contributed by atoms with Crippen LogP contribution in [0, 0.1) is 13.8 Å². The summed E-state index contributed by atoms with van der Waals surface area (Å²) in [7, 11) is -4.44. The Kier molecular flexibility index (Phi) is 5.50. The molecule has 0 aromatic heterocycles. The zero-order valence-electron chi connectivity index (χ0n) is 16.9. The van der Waals surface area contributed by atoms with Gasteiger partial charge in [-0.3, -0.25) is 4.55 Å². The number of aryl methyl sites for hydroxylation is 2. The third-order valence-corrected chi connectivity index (χ3v) is 5.54. The molecule has 2 N–H and O–H groups in total. The normalized spacial score (nSPS) is 15.0. The fraction of sp³-hybridized carbons (Fsp3) is 0.0870. The molecule has 0 fully saturated rings. The molecule has 3 aromatic carbocycles. The maximum absolute atomic E-state index is 11.8. The zero-order valence-corrected chi connectivity index (χ0v) is 17.8. The van der Waals surface area contributed by atoms with Crippen LogP contribution in [0.15, 0.2) is 92.7 Å². The molecule has 7 nitrogen and oxygen atoms in total. The van der Waals surface area contributed by atoms with E-state index in [0.29, 0.717) is 17.4 Å². The number of hydrogen-bond acceptors (Lipinski definition) is 5. The van der Waals surface area contributed by atoms with E-state index in [1.165, 1.54) is 12.1 Å². The Labute approximate surface area is 180 Å². The minimum Gasteiger partial charge on any atom is -0.337 e. The topological polar surface area (TPSA) is 103 Å². The molecule has 0 bridgehead atoms. The quantitative estimate of drug-likeness (QED) is 0.590. The molecule has 4 rings (SSSR count). The third kappa shape index (κ3) is 4.76. The van der Waals surface area contributed by atoms with Crippen molar-refractivity contribution in [3.63, 3.8) is 0 Å². The smallest absolute Gasteiger partial charge is 0.295 e. The van der Waals surface area contributed by atoms with Crippen LogP contribution in [-0.2, 0) is 10.1 Å². The summed E-state index contributed by atoms with van der Waals surface area (Å²) >= 11 is 0.